The summed E-state index contributed by atoms with van der Waals surface area (Å²) in [5.74, 6) is 0.978. The second-order valence-electron chi connectivity index (χ2n) is 4.83. The van der Waals surface area contributed by atoms with Gasteiger partial charge in [-0.15, -0.1) is 0 Å². The number of nitrogens with zero attached hydrogens (tertiary/aromatic N) is 1. The number of hydrogen-bond acceptors (Lipinski definition) is 5. The van der Waals surface area contributed by atoms with E-state index < -0.39 is 6.04 Å². The Balaban J connectivity index is 1.95. The van der Waals surface area contributed by atoms with Crippen LogP contribution in [0.3, 0.4) is 0 Å². The number of carbonyl (C=O) groups is 1. The number of ether oxygens (including phenoxy) is 2. The minimum Gasteiger partial charge on any atom is -0.454 e. The van der Waals surface area contributed by atoms with Gasteiger partial charge in [0.1, 0.15) is 6.04 Å². The van der Waals surface area contributed by atoms with E-state index in [0.717, 1.165) is 36.2 Å². The number of fused-ring (bicyclic) bond motifs is 1. The van der Waals surface area contributed by atoms with Gasteiger partial charge in [0.25, 0.3) is 0 Å². The average molecular weight is 342 g/mol. The molecule has 6 nitrogen and oxygen atoms in total. The summed E-state index contributed by atoms with van der Waals surface area (Å²) in [6.45, 7) is 3.50. The van der Waals surface area contributed by atoms with E-state index in [-0.39, 0.29) is 12.7 Å². The van der Waals surface area contributed by atoms with Gasteiger partial charge in [0.15, 0.2) is 11.5 Å². The maximum absolute atomic E-state index is 11.9. The third-order valence-corrected chi connectivity index (χ3v) is 4.14. The maximum atomic E-state index is 11.9. The summed E-state index contributed by atoms with van der Waals surface area (Å²) >= 11 is 3.45. The van der Waals surface area contributed by atoms with Gasteiger partial charge in [-0.05, 0) is 33.6 Å². The molecule has 3 N–H and O–H groups in total. The van der Waals surface area contributed by atoms with Crippen molar-refractivity contribution in [2.75, 3.05) is 33.0 Å². The minimum atomic E-state index is -0.442. The maximum Gasteiger partial charge on any atom is 0.239 e. The van der Waals surface area contributed by atoms with Gasteiger partial charge in [-0.1, -0.05) is 0 Å². The van der Waals surface area contributed by atoms with Crippen molar-refractivity contribution in [3.63, 3.8) is 0 Å². The molecule has 2 aliphatic rings. The number of amides is 1. The molecule has 1 unspecified atom stereocenters. The van der Waals surface area contributed by atoms with Gasteiger partial charge in [-0.25, -0.2) is 0 Å². The Bertz CT molecular complexity index is 532. The predicted molar refractivity (Wildman–Crippen MR) is 76.6 cm³/mol. The number of nitrogens with one attached hydrogen (secondary N) is 1. The van der Waals surface area contributed by atoms with Gasteiger partial charge < -0.3 is 20.5 Å². The molecular formula is C13H16BrN3O3. The standard InChI is InChI=1S/C13H16BrN3O3/c14-9-5-8(6-10-12(9)20-7-19-10)11(13(15)18)17-3-1-16-2-4-17/h5-6,11,16H,1-4,7H2,(H2,15,18). The third-order valence-electron chi connectivity index (χ3n) is 3.55. The highest BCUT2D eigenvalue weighted by Crippen LogP contribution is 2.41. The summed E-state index contributed by atoms with van der Waals surface area (Å²) in [5.41, 5.74) is 6.44. The van der Waals surface area contributed by atoms with Crippen LogP contribution in [-0.4, -0.2) is 43.8 Å². The van der Waals surface area contributed by atoms with Gasteiger partial charge in [0, 0.05) is 26.2 Å². The lowest BCUT2D eigenvalue weighted by molar-refractivity contribution is -0.123. The van der Waals surface area contributed by atoms with Crippen molar-refractivity contribution in [2.24, 2.45) is 5.73 Å². The molecule has 1 atom stereocenters. The first kappa shape index (κ1) is 13.7. The number of nitrogens with two attached hydrogens (primary N) is 1. The molecule has 1 amide bonds. The van der Waals surface area contributed by atoms with Crippen LogP contribution in [0.5, 0.6) is 11.5 Å². The number of halogens is 1. The van der Waals surface area contributed by atoms with E-state index in [1.807, 2.05) is 12.1 Å². The number of hydrogen-bond donors (Lipinski definition) is 2. The molecule has 0 bridgehead atoms. The average Bonchev–Trinajstić information content (AvgIpc) is 2.88. The predicted octanol–water partition coefficient (Wildman–Crippen LogP) is 0.609. The van der Waals surface area contributed by atoms with Gasteiger partial charge in [-0.2, -0.15) is 0 Å². The molecule has 1 aromatic carbocycles. The summed E-state index contributed by atoms with van der Waals surface area (Å²) in [5, 5.41) is 3.27. The summed E-state index contributed by atoms with van der Waals surface area (Å²) in [6, 6.07) is 3.28. The lowest BCUT2D eigenvalue weighted by atomic mass is 10.0. The molecule has 3 rings (SSSR count). The second-order valence-corrected chi connectivity index (χ2v) is 5.68. The summed E-state index contributed by atoms with van der Waals surface area (Å²) in [7, 11) is 0. The first-order chi connectivity index (χ1) is 9.66. The van der Waals surface area contributed by atoms with Crippen LogP contribution in [0, 0.1) is 0 Å². The number of piperazine rings is 1. The Kier molecular flexibility index (Phi) is 3.82. The molecule has 0 radical (unpaired) electrons. The topological polar surface area (TPSA) is 76.8 Å². The van der Waals surface area contributed by atoms with E-state index in [2.05, 4.69) is 26.1 Å². The molecule has 0 saturated carbocycles. The van der Waals surface area contributed by atoms with Crippen molar-refractivity contribution in [3.05, 3.63) is 22.2 Å². The zero-order valence-corrected chi connectivity index (χ0v) is 12.5. The van der Waals surface area contributed by atoms with Gasteiger partial charge >= 0.3 is 0 Å². The van der Waals surface area contributed by atoms with Gasteiger partial charge in [-0.3, -0.25) is 9.69 Å². The number of benzene rings is 1. The van der Waals surface area contributed by atoms with Crippen molar-refractivity contribution in [2.45, 2.75) is 6.04 Å². The molecule has 20 heavy (non-hydrogen) atoms. The van der Waals surface area contributed by atoms with E-state index >= 15 is 0 Å². The fourth-order valence-corrected chi connectivity index (χ4v) is 3.21. The molecule has 2 aliphatic heterocycles. The van der Waals surface area contributed by atoms with Crippen molar-refractivity contribution in [1.82, 2.24) is 10.2 Å². The Labute approximate surface area is 125 Å². The third kappa shape index (κ3) is 2.48. The lowest BCUT2D eigenvalue weighted by Crippen LogP contribution is -2.48. The highest BCUT2D eigenvalue weighted by Gasteiger charge is 2.29. The van der Waals surface area contributed by atoms with Crippen LogP contribution in [0.15, 0.2) is 16.6 Å². The largest absolute Gasteiger partial charge is 0.454 e. The molecule has 1 fully saturated rings. The molecule has 1 aromatic rings. The van der Waals surface area contributed by atoms with Crippen molar-refractivity contribution in [1.29, 1.82) is 0 Å². The summed E-state index contributed by atoms with van der Waals surface area (Å²) in [4.78, 5) is 14.0. The quantitative estimate of drug-likeness (QED) is 0.842. The van der Waals surface area contributed by atoms with Crippen LogP contribution in [0.1, 0.15) is 11.6 Å². The molecular weight excluding hydrogens is 326 g/mol. The zero-order chi connectivity index (χ0) is 14.1. The molecule has 2 heterocycles. The van der Waals surface area contributed by atoms with E-state index in [1.54, 1.807) is 0 Å². The van der Waals surface area contributed by atoms with Crippen LogP contribution in [0.2, 0.25) is 0 Å². The van der Waals surface area contributed by atoms with E-state index in [9.17, 15) is 4.79 Å². The van der Waals surface area contributed by atoms with Crippen LogP contribution >= 0.6 is 15.9 Å². The minimum absolute atomic E-state index is 0.201. The highest BCUT2D eigenvalue weighted by atomic mass is 79.9. The SMILES string of the molecule is NC(=O)C(c1cc(Br)c2c(c1)OCO2)N1CCNCC1. The lowest BCUT2D eigenvalue weighted by Gasteiger charge is -2.33. The molecule has 7 heteroatoms. The van der Waals surface area contributed by atoms with Gasteiger partial charge in [0.2, 0.25) is 12.7 Å². The zero-order valence-electron chi connectivity index (χ0n) is 10.9. The Hall–Kier alpha value is -1.31. The van der Waals surface area contributed by atoms with E-state index in [1.165, 1.54) is 0 Å². The fraction of sp³-hybridized carbons (Fsp3) is 0.462. The molecule has 0 aromatic heterocycles. The molecule has 108 valence electrons. The van der Waals surface area contributed by atoms with Crippen molar-refractivity contribution in [3.8, 4) is 11.5 Å². The Morgan fingerprint density at radius 1 is 1.35 bits per heavy atom. The first-order valence-corrected chi connectivity index (χ1v) is 7.29. The second kappa shape index (κ2) is 5.59. The van der Waals surface area contributed by atoms with E-state index in [0.29, 0.717) is 11.5 Å². The fourth-order valence-electron chi connectivity index (χ4n) is 2.64. The van der Waals surface area contributed by atoms with Crippen LogP contribution in [-0.2, 0) is 4.79 Å². The van der Waals surface area contributed by atoms with Crippen LogP contribution in [0.4, 0.5) is 0 Å². The normalized spacial score (nSPS) is 19.9. The monoisotopic (exact) mass is 341 g/mol. The summed E-state index contributed by atoms with van der Waals surface area (Å²) < 4.78 is 11.5. The number of carbonyl (C=O) groups excluding carboxylic acids is 1. The van der Waals surface area contributed by atoms with Crippen molar-refractivity contribution < 1.29 is 14.3 Å². The Morgan fingerprint density at radius 2 is 2.10 bits per heavy atom. The first-order valence-electron chi connectivity index (χ1n) is 6.50. The number of rotatable bonds is 3. The molecule has 0 aliphatic carbocycles. The number of primary amides is 1. The molecule has 1 saturated heterocycles. The smallest absolute Gasteiger partial charge is 0.239 e. The van der Waals surface area contributed by atoms with Crippen LogP contribution in [0.25, 0.3) is 0 Å². The highest BCUT2D eigenvalue weighted by molar-refractivity contribution is 9.10. The van der Waals surface area contributed by atoms with E-state index in [4.69, 9.17) is 15.2 Å². The van der Waals surface area contributed by atoms with Crippen molar-refractivity contribution >= 4 is 21.8 Å². The molecule has 0 spiro atoms. The van der Waals surface area contributed by atoms with Gasteiger partial charge in [0.05, 0.1) is 4.47 Å². The summed E-state index contributed by atoms with van der Waals surface area (Å²) in [6.07, 6.45) is 0. The van der Waals surface area contributed by atoms with Crippen LogP contribution < -0.4 is 20.5 Å². The Morgan fingerprint density at radius 3 is 2.80 bits per heavy atom.